The van der Waals surface area contributed by atoms with Crippen LogP contribution in [0.15, 0.2) is 90.7 Å². The molecule has 1 amide bonds. The molecular formula is C26H25NO2. The summed E-state index contributed by atoms with van der Waals surface area (Å²) in [4.78, 5) is 14.8. The lowest BCUT2D eigenvalue weighted by Crippen LogP contribution is -2.29. The quantitative estimate of drug-likeness (QED) is 0.599. The van der Waals surface area contributed by atoms with E-state index in [2.05, 4.69) is 38.1 Å². The zero-order chi connectivity index (χ0) is 20.4. The second kappa shape index (κ2) is 7.96. The van der Waals surface area contributed by atoms with Gasteiger partial charge in [0.1, 0.15) is 0 Å². The third-order valence-corrected chi connectivity index (χ3v) is 5.50. The predicted octanol–water partition coefficient (Wildman–Crippen LogP) is 5.86. The molecule has 1 atom stereocenters. The third-order valence-electron chi connectivity index (χ3n) is 5.50. The van der Waals surface area contributed by atoms with Gasteiger partial charge in [0.05, 0.1) is 6.04 Å². The molecule has 0 bridgehead atoms. The van der Waals surface area contributed by atoms with Crippen LogP contribution in [0.4, 0.5) is 0 Å². The van der Waals surface area contributed by atoms with Gasteiger partial charge in [-0.3, -0.25) is 4.79 Å². The molecule has 0 aromatic heterocycles. The summed E-state index contributed by atoms with van der Waals surface area (Å²) in [6, 6.07) is 27.6. The van der Waals surface area contributed by atoms with Gasteiger partial charge in [0.2, 0.25) is 0 Å². The van der Waals surface area contributed by atoms with Gasteiger partial charge in [-0.1, -0.05) is 98.8 Å². The van der Waals surface area contributed by atoms with E-state index >= 15 is 0 Å². The van der Waals surface area contributed by atoms with Crippen LogP contribution in [0.2, 0.25) is 0 Å². The van der Waals surface area contributed by atoms with Gasteiger partial charge < -0.3 is 10.0 Å². The molecule has 3 aromatic rings. The van der Waals surface area contributed by atoms with Gasteiger partial charge in [-0.25, -0.2) is 0 Å². The molecular weight excluding hydrogens is 358 g/mol. The van der Waals surface area contributed by atoms with Crippen LogP contribution >= 0.6 is 0 Å². The van der Waals surface area contributed by atoms with Crippen LogP contribution in [0, 0.1) is 0 Å². The number of hydrogen-bond acceptors (Lipinski definition) is 2. The number of amides is 1. The van der Waals surface area contributed by atoms with Crippen molar-refractivity contribution in [3.63, 3.8) is 0 Å². The van der Waals surface area contributed by atoms with Crippen LogP contribution in [0.25, 0.3) is 5.57 Å². The zero-order valence-corrected chi connectivity index (χ0v) is 16.7. The molecule has 3 heteroatoms. The number of benzene rings is 3. The van der Waals surface area contributed by atoms with Crippen molar-refractivity contribution in [3.8, 4) is 0 Å². The molecule has 1 heterocycles. The van der Waals surface area contributed by atoms with Crippen molar-refractivity contribution < 1.29 is 9.90 Å². The van der Waals surface area contributed by atoms with Crippen LogP contribution in [0.5, 0.6) is 0 Å². The van der Waals surface area contributed by atoms with E-state index in [0.717, 1.165) is 16.7 Å². The van der Waals surface area contributed by atoms with Crippen molar-refractivity contribution in [2.45, 2.75) is 32.4 Å². The maximum Gasteiger partial charge on any atom is 0.290 e. The summed E-state index contributed by atoms with van der Waals surface area (Å²) in [5.41, 5.74) is 4.83. The highest BCUT2D eigenvalue weighted by Crippen LogP contribution is 2.43. The number of aliphatic hydroxyl groups is 1. The van der Waals surface area contributed by atoms with Crippen LogP contribution in [0.3, 0.4) is 0 Å². The molecule has 1 aliphatic heterocycles. The molecule has 29 heavy (non-hydrogen) atoms. The molecule has 1 aliphatic rings. The average Bonchev–Trinajstić information content (AvgIpc) is 3.00. The molecule has 0 saturated heterocycles. The summed E-state index contributed by atoms with van der Waals surface area (Å²) in [6.45, 7) is 4.77. The minimum Gasteiger partial charge on any atom is -0.503 e. The minimum absolute atomic E-state index is 0.162. The summed E-state index contributed by atoms with van der Waals surface area (Å²) in [6.07, 6.45) is 0. The van der Waals surface area contributed by atoms with E-state index in [1.165, 1.54) is 5.56 Å². The van der Waals surface area contributed by atoms with Crippen molar-refractivity contribution in [3.05, 3.63) is 113 Å². The van der Waals surface area contributed by atoms with Gasteiger partial charge in [-0.05, 0) is 28.2 Å². The maximum atomic E-state index is 13.1. The van der Waals surface area contributed by atoms with Crippen molar-refractivity contribution >= 4 is 11.5 Å². The van der Waals surface area contributed by atoms with Crippen molar-refractivity contribution in [1.82, 2.24) is 4.90 Å². The lowest BCUT2D eigenvalue weighted by molar-refractivity contribution is -0.130. The largest absolute Gasteiger partial charge is 0.503 e. The fraction of sp³-hybridized carbons (Fsp3) is 0.192. The lowest BCUT2D eigenvalue weighted by Gasteiger charge is -2.28. The molecule has 3 nitrogen and oxygen atoms in total. The molecule has 3 aromatic carbocycles. The smallest absolute Gasteiger partial charge is 0.290 e. The lowest BCUT2D eigenvalue weighted by atomic mass is 9.91. The highest BCUT2D eigenvalue weighted by Gasteiger charge is 2.40. The Kier molecular flexibility index (Phi) is 5.22. The second-order valence-corrected chi connectivity index (χ2v) is 7.77. The molecule has 1 N–H and O–H groups in total. The Morgan fingerprint density at radius 3 is 2.03 bits per heavy atom. The SMILES string of the molecule is CC(C)c1ccc([C@@H]2C(c3ccccc3)=C(O)C(=O)N2Cc2ccccc2)cc1. The Hall–Kier alpha value is -3.33. The summed E-state index contributed by atoms with van der Waals surface area (Å²) in [5, 5.41) is 10.8. The molecule has 0 unspecified atom stereocenters. The van der Waals surface area contributed by atoms with E-state index in [-0.39, 0.29) is 17.7 Å². The zero-order valence-electron chi connectivity index (χ0n) is 16.7. The van der Waals surface area contributed by atoms with Gasteiger partial charge >= 0.3 is 0 Å². The maximum absolute atomic E-state index is 13.1. The molecule has 146 valence electrons. The normalized spacial score (nSPS) is 16.7. The number of aliphatic hydroxyl groups excluding tert-OH is 1. The molecule has 4 rings (SSSR count). The van der Waals surface area contributed by atoms with Gasteiger partial charge in [0.25, 0.3) is 5.91 Å². The van der Waals surface area contributed by atoms with Gasteiger partial charge in [-0.15, -0.1) is 0 Å². The van der Waals surface area contributed by atoms with E-state index in [1.807, 2.05) is 60.7 Å². The number of hydrogen-bond donors (Lipinski definition) is 1. The van der Waals surface area contributed by atoms with Crippen molar-refractivity contribution in [2.24, 2.45) is 0 Å². The number of rotatable bonds is 5. The van der Waals surface area contributed by atoms with E-state index < -0.39 is 0 Å². The molecule has 0 fully saturated rings. The number of nitrogens with zero attached hydrogens (tertiary/aromatic N) is 1. The van der Waals surface area contributed by atoms with Gasteiger partial charge in [-0.2, -0.15) is 0 Å². The Labute approximate surface area is 171 Å². The summed E-state index contributed by atoms with van der Waals surface area (Å²) in [5.74, 6) is -0.0528. The van der Waals surface area contributed by atoms with Crippen LogP contribution in [-0.2, 0) is 11.3 Å². The first-order valence-electron chi connectivity index (χ1n) is 9.99. The van der Waals surface area contributed by atoms with Crippen molar-refractivity contribution in [2.75, 3.05) is 0 Å². The second-order valence-electron chi connectivity index (χ2n) is 7.77. The minimum atomic E-state index is -0.328. The van der Waals surface area contributed by atoms with E-state index in [9.17, 15) is 9.90 Å². The fourth-order valence-corrected chi connectivity index (χ4v) is 3.92. The van der Waals surface area contributed by atoms with E-state index in [4.69, 9.17) is 0 Å². The topological polar surface area (TPSA) is 40.5 Å². The highest BCUT2D eigenvalue weighted by molar-refractivity contribution is 6.05. The first-order valence-corrected chi connectivity index (χ1v) is 9.99. The Morgan fingerprint density at radius 1 is 0.862 bits per heavy atom. The third kappa shape index (κ3) is 3.68. The number of carbonyl (C=O) groups is 1. The molecule has 0 spiro atoms. The summed E-state index contributed by atoms with van der Waals surface area (Å²) < 4.78 is 0. The molecule has 0 aliphatic carbocycles. The summed E-state index contributed by atoms with van der Waals surface area (Å²) >= 11 is 0. The monoisotopic (exact) mass is 383 g/mol. The Morgan fingerprint density at radius 2 is 1.45 bits per heavy atom. The first-order chi connectivity index (χ1) is 14.1. The van der Waals surface area contributed by atoms with Gasteiger partial charge in [0, 0.05) is 12.1 Å². The van der Waals surface area contributed by atoms with Crippen LogP contribution in [-0.4, -0.2) is 15.9 Å². The predicted molar refractivity (Wildman–Crippen MR) is 116 cm³/mol. The molecule has 0 radical (unpaired) electrons. The fourth-order valence-electron chi connectivity index (χ4n) is 3.92. The molecule has 0 saturated carbocycles. The highest BCUT2D eigenvalue weighted by atomic mass is 16.3. The Balaban J connectivity index is 1.80. The van der Waals surface area contributed by atoms with Crippen LogP contribution < -0.4 is 0 Å². The van der Waals surface area contributed by atoms with E-state index in [1.54, 1.807) is 4.90 Å². The Bertz CT molecular complexity index is 1020. The van der Waals surface area contributed by atoms with Crippen LogP contribution in [0.1, 0.15) is 48.1 Å². The number of carbonyl (C=O) groups excluding carboxylic acids is 1. The van der Waals surface area contributed by atoms with E-state index in [0.29, 0.717) is 18.0 Å². The average molecular weight is 383 g/mol. The first kappa shape index (κ1) is 19.0. The standard InChI is InChI=1S/C26H25NO2/c1-18(2)20-13-15-22(16-14-20)24-23(21-11-7-4-8-12-21)25(28)26(29)27(24)17-19-9-5-3-6-10-19/h3-16,18,24,28H,17H2,1-2H3/t24-/m1/s1. The van der Waals surface area contributed by atoms with Crippen molar-refractivity contribution in [1.29, 1.82) is 0 Å². The van der Waals surface area contributed by atoms with Gasteiger partial charge in [0.15, 0.2) is 5.76 Å². The summed E-state index contributed by atoms with van der Waals surface area (Å²) in [7, 11) is 0.